The number of likely N-dealkylation sites (N-methyl/N-ethyl adjacent to an activating group) is 2. The molecular formula is C26H37N5O3. The van der Waals surface area contributed by atoms with Crippen molar-refractivity contribution in [2.24, 2.45) is 10.8 Å². The Balaban J connectivity index is 1.81. The van der Waals surface area contributed by atoms with Gasteiger partial charge in [-0.05, 0) is 73.7 Å². The van der Waals surface area contributed by atoms with Crippen LogP contribution >= 0.6 is 0 Å². The first-order valence-electron chi connectivity index (χ1n) is 12.1. The average molecular weight is 468 g/mol. The summed E-state index contributed by atoms with van der Waals surface area (Å²) in [6.07, 6.45) is 0. The zero-order chi connectivity index (χ0) is 24.5. The lowest BCUT2D eigenvalue weighted by molar-refractivity contribution is 0.223. The first-order chi connectivity index (χ1) is 16.5. The number of benzene rings is 2. The van der Waals surface area contributed by atoms with Crippen molar-refractivity contribution in [1.29, 1.82) is 0 Å². The molecule has 0 fully saturated rings. The molecule has 2 aromatic rings. The molecule has 0 saturated carbocycles. The van der Waals surface area contributed by atoms with Gasteiger partial charge >= 0.3 is 6.03 Å². The van der Waals surface area contributed by atoms with Crippen molar-refractivity contribution in [3.8, 4) is 22.6 Å². The Morgan fingerprint density at radius 2 is 1.24 bits per heavy atom. The molecule has 0 heterocycles. The predicted molar refractivity (Wildman–Crippen MR) is 137 cm³/mol. The second kappa shape index (κ2) is 12.4. The molecule has 0 spiro atoms. The molecule has 2 amide bonds. The number of nitrogens with one attached hydrogen (secondary N) is 1. The summed E-state index contributed by atoms with van der Waals surface area (Å²) < 4.78 is 12.0. The molecule has 3 rings (SSSR count). The van der Waals surface area contributed by atoms with Crippen LogP contribution in [0, 0.1) is 0 Å². The summed E-state index contributed by atoms with van der Waals surface area (Å²) >= 11 is 0. The minimum atomic E-state index is -0.708. The van der Waals surface area contributed by atoms with E-state index in [1.807, 2.05) is 36.4 Å². The van der Waals surface area contributed by atoms with Gasteiger partial charge in [-0.2, -0.15) is 5.10 Å². The SMILES string of the molecule is CCN(CC)CCOc1ccc2c(c1)C(=NNC(N)=O)c1cc(OCCN(CC)CC)ccc1-2. The van der Waals surface area contributed by atoms with Crippen LogP contribution in [0.2, 0.25) is 0 Å². The van der Waals surface area contributed by atoms with E-state index < -0.39 is 6.03 Å². The van der Waals surface area contributed by atoms with Crippen molar-refractivity contribution in [2.75, 3.05) is 52.5 Å². The Bertz CT molecular complexity index is 930. The number of nitrogens with two attached hydrogens (primary N) is 1. The number of nitrogens with zero attached hydrogens (tertiary/aromatic N) is 3. The number of amides is 2. The van der Waals surface area contributed by atoms with Crippen LogP contribution in [0.15, 0.2) is 41.5 Å². The summed E-state index contributed by atoms with van der Waals surface area (Å²) in [5.74, 6) is 1.53. The average Bonchev–Trinajstić information content (AvgIpc) is 3.15. The van der Waals surface area contributed by atoms with E-state index in [4.69, 9.17) is 15.2 Å². The van der Waals surface area contributed by atoms with E-state index in [9.17, 15) is 4.79 Å². The van der Waals surface area contributed by atoms with Gasteiger partial charge in [-0.25, -0.2) is 10.2 Å². The quantitative estimate of drug-likeness (QED) is 0.375. The van der Waals surface area contributed by atoms with Gasteiger partial charge in [-0.15, -0.1) is 0 Å². The molecule has 3 N–H and O–H groups in total. The first kappa shape index (κ1) is 25.5. The second-order valence-corrected chi connectivity index (χ2v) is 8.10. The summed E-state index contributed by atoms with van der Waals surface area (Å²) in [5.41, 5.74) is 12.2. The Morgan fingerprint density at radius 3 is 1.62 bits per heavy atom. The van der Waals surface area contributed by atoms with Crippen molar-refractivity contribution < 1.29 is 14.3 Å². The highest BCUT2D eigenvalue weighted by Gasteiger charge is 2.26. The minimum absolute atomic E-state index is 0.601. The third kappa shape index (κ3) is 6.27. The van der Waals surface area contributed by atoms with Crippen molar-refractivity contribution >= 4 is 11.7 Å². The summed E-state index contributed by atoms with van der Waals surface area (Å²) in [5, 5.41) is 4.32. The fraction of sp³-hybridized carbons (Fsp3) is 0.462. The lowest BCUT2D eigenvalue weighted by Gasteiger charge is -2.18. The predicted octanol–water partition coefficient (Wildman–Crippen LogP) is 3.53. The molecule has 34 heavy (non-hydrogen) atoms. The number of primary amides is 1. The summed E-state index contributed by atoms with van der Waals surface area (Å²) in [6.45, 7) is 15.5. The van der Waals surface area contributed by atoms with Gasteiger partial charge in [0.25, 0.3) is 0 Å². The third-order valence-electron chi connectivity index (χ3n) is 6.20. The number of ether oxygens (including phenoxy) is 2. The van der Waals surface area contributed by atoms with E-state index >= 15 is 0 Å². The highest BCUT2D eigenvalue weighted by Crippen LogP contribution is 2.40. The fourth-order valence-electron chi connectivity index (χ4n) is 4.13. The number of hydrogen-bond donors (Lipinski definition) is 2. The van der Waals surface area contributed by atoms with Crippen LogP contribution in [0.3, 0.4) is 0 Å². The molecule has 8 nitrogen and oxygen atoms in total. The van der Waals surface area contributed by atoms with Crippen LogP contribution in [-0.4, -0.2) is 74.0 Å². The molecule has 0 aliphatic heterocycles. The first-order valence-corrected chi connectivity index (χ1v) is 12.1. The molecule has 8 heteroatoms. The molecule has 1 aliphatic rings. The van der Waals surface area contributed by atoms with E-state index in [2.05, 4.69) is 48.0 Å². The topological polar surface area (TPSA) is 92.4 Å². The largest absolute Gasteiger partial charge is 0.492 e. The second-order valence-electron chi connectivity index (χ2n) is 8.10. The number of urea groups is 1. The van der Waals surface area contributed by atoms with Crippen LogP contribution < -0.4 is 20.6 Å². The van der Waals surface area contributed by atoms with Crippen molar-refractivity contribution in [3.63, 3.8) is 0 Å². The minimum Gasteiger partial charge on any atom is -0.492 e. The van der Waals surface area contributed by atoms with Gasteiger partial charge in [-0.1, -0.05) is 27.7 Å². The van der Waals surface area contributed by atoms with E-state index in [0.717, 1.165) is 73.0 Å². The maximum atomic E-state index is 11.4. The number of carbonyl (C=O) groups is 1. The van der Waals surface area contributed by atoms with E-state index in [1.165, 1.54) is 0 Å². The van der Waals surface area contributed by atoms with Crippen LogP contribution in [0.25, 0.3) is 11.1 Å². The normalized spacial score (nSPS) is 12.0. The maximum Gasteiger partial charge on any atom is 0.332 e. The summed E-state index contributed by atoms with van der Waals surface area (Å²) in [4.78, 5) is 16.0. The highest BCUT2D eigenvalue weighted by atomic mass is 16.5. The molecule has 2 aromatic carbocycles. The number of rotatable bonds is 13. The smallest absolute Gasteiger partial charge is 0.332 e. The van der Waals surface area contributed by atoms with Gasteiger partial charge in [-0.3, -0.25) is 0 Å². The molecule has 0 unspecified atom stereocenters. The Morgan fingerprint density at radius 1 is 0.794 bits per heavy atom. The molecule has 0 radical (unpaired) electrons. The number of fused-ring (bicyclic) bond motifs is 3. The molecule has 1 aliphatic carbocycles. The third-order valence-corrected chi connectivity index (χ3v) is 6.20. The number of carbonyl (C=O) groups excluding carboxylic acids is 1. The van der Waals surface area contributed by atoms with Crippen LogP contribution in [0.5, 0.6) is 11.5 Å². The Kier molecular flexibility index (Phi) is 9.30. The molecule has 0 bridgehead atoms. The lowest BCUT2D eigenvalue weighted by Crippen LogP contribution is -2.28. The highest BCUT2D eigenvalue weighted by molar-refractivity contribution is 6.25. The van der Waals surface area contributed by atoms with Crippen LogP contribution in [0.4, 0.5) is 4.79 Å². The lowest BCUT2D eigenvalue weighted by atomic mass is 10.1. The standard InChI is InChI=1S/C26H37N5O3/c1-5-30(6-2)13-15-33-19-9-11-21-22-12-10-20(34-16-14-31(7-3)8-4)18-24(22)25(23(21)17-19)28-29-26(27)32/h9-12,17-18H,5-8,13-16H2,1-4H3,(H3,27,29,32). The van der Waals surface area contributed by atoms with Gasteiger partial charge in [0.2, 0.25) is 0 Å². The number of hydrogen-bond acceptors (Lipinski definition) is 6. The van der Waals surface area contributed by atoms with Crippen molar-refractivity contribution in [1.82, 2.24) is 15.2 Å². The van der Waals surface area contributed by atoms with E-state index in [0.29, 0.717) is 18.9 Å². The maximum absolute atomic E-state index is 11.4. The van der Waals surface area contributed by atoms with Gasteiger partial charge in [0.05, 0.1) is 5.71 Å². The molecule has 184 valence electrons. The fourth-order valence-corrected chi connectivity index (χ4v) is 4.13. The Labute approximate surface area is 202 Å². The Hall–Kier alpha value is -3.10. The van der Waals surface area contributed by atoms with Gasteiger partial charge < -0.3 is 25.0 Å². The van der Waals surface area contributed by atoms with E-state index in [-0.39, 0.29) is 0 Å². The monoisotopic (exact) mass is 467 g/mol. The summed E-state index contributed by atoms with van der Waals surface area (Å²) in [7, 11) is 0. The molecule has 0 saturated heterocycles. The van der Waals surface area contributed by atoms with Crippen LogP contribution in [0.1, 0.15) is 38.8 Å². The van der Waals surface area contributed by atoms with Crippen molar-refractivity contribution in [2.45, 2.75) is 27.7 Å². The number of hydrazone groups is 1. The van der Waals surface area contributed by atoms with Gasteiger partial charge in [0.15, 0.2) is 0 Å². The van der Waals surface area contributed by atoms with Gasteiger partial charge in [0.1, 0.15) is 24.7 Å². The molecule has 0 aromatic heterocycles. The summed E-state index contributed by atoms with van der Waals surface area (Å²) in [6, 6.07) is 11.3. The zero-order valence-corrected chi connectivity index (χ0v) is 20.8. The zero-order valence-electron chi connectivity index (χ0n) is 20.8. The van der Waals surface area contributed by atoms with Crippen molar-refractivity contribution in [3.05, 3.63) is 47.5 Å². The van der Waals surface area contributed by atoms with Gasteiger partial charge in [0, 0.05) is 24.2 Å². The van der Waals surface area contributed by atoms with E-state index in [1.54, 1.807) is 0 Å². The molecular weight excluding hydrogens is 430 g/mol. The van der Waals surface area contributed by atoms with Crippen LogP contribution in [-0.2, 0) is 0 Å². The molecule has 0 atom stereocenters.